The van der Waals surface area contributed by atoms with Crippen LogP contribution in [-0.2, 0) is 16.0 Å². The lowest BCUT2D eigenvalue weighted by atomic mass is 10.1. The molecule has 1 rings (SSSR count). The molecule has 0 aliphatic carbocycles. The molecule has 1 amide bonds. The van der Waals surface area contributed by atoms with Crippen LogP contribution in [0.4, 0.5) is 0 Å². The average Bonchev–Trinajstić information content (AvgIpc) is 2.25. The molecule has 16 heavy (non-hydrogen) atoms. The van der Waals surface area contributed by atoms with Crippen LogP contribution >= 0.6 is 0 Å². The summed E-state index contributed by atoms with van der Waals surface area (Å²) >= 11 is 0. The van der Waals surface area contributed by atoms with Crippen molar-refractivity contribution < 1.29 is 14.7 Å². The van der Waals surface area contributed by atoms with Crippen molar-refractivity contribution >= 4 is 11.9 Å². The van der Waals surface area contributed by atoms with Crippen molar-refractivity contribution in [1.82, 2.24) is 5.32 Å². The molecular weight excluding hydrogens is 206 g/mol. The summed E-state index contributed by atoms with van der Waals surface area (Å²) in [6, 6.07) is 9.43. The van der Waals surface area contributed by atoms with Crippen LogP contribution in [0.1, 0.15) is 12.5 Å². The zero-order chi connectivity index (χ0) is 12.0. The van der Waals surface area contributed by atoms with Crippen LogP contribution in [0.3, 0.4) is 0 Å². The Morgan fingerprint density at radius 2 is 1.94 bits per heavy atom. The number of rotatable bonds is 4. The van der Waals surface area contributed by atoms with Gasteiger partial charge in [-0.3, -0.25) is 4.79 Å². The van der Waals surface area contributed by atoms with E-state index >= 15 is 0 Å². The highest BCUT2D eigenvalue weighted by Crippen LogP contribution is 2.02. The van der Waals surface area contributed by atoms with Crippen LogP contribution in [0.2, 0.25) is 0 Å². The summed E-state index contributed by atoms with van der Waals surface area (Å²) in [6.07, 6.45) is 1.96. The van der Waals surface area contributed by atoms with Gasteiger partial charge in [-0.15, -0.1) is 0 Å². The SMILES string of the molecule is CC(=O)N/C(=C\Cc1ccccc1)C(=O)O. The van der Waals surface area contributed by atoms with E-state index in [1.165, 1.54) is 13.0 Å². The molecule has 0 fully saturated rings. The van der Waals surface area contributed by atoms with Gasteiger partial charge >= 0.3 is 5.97 Å². The Labute approximate surface area is 93.6 Å². The van der Waals surface area contributed by atoms with E-state index in [0.717, 1.165) is 5.56 Å². The zero-order valence-corrected chi connectivity index (χ0v) is 8.93. The van der Waals surface area contributed by atoms with Crippen LogP contribution in [0.15, 0.2) is 42.1 Å². The van der Waals surface area contributed by atoms with Gasteiger partial charge in [0.2, 0.25) is 5.91 Å². The normalized spacial score (nSPS) is 10.9. The van der Waals surface area contributed by atoms with Gasteiger partial charge in [0.05, 0.1) is 0 Å². The van der Waals surface area contributed by atoms with E-state index in [1.807, 2.05) is 30.3 Å². The number of nitrogens with one attached hydrogen (secondary N) is 1. The van der Waals surface area contributed by atoms with Crippen molar-refractivity contribution in [2.75, 3.05) is 0 Å². The van der Waals surface area contributed by atoms with Gasteiger partial charge < -0.3 is 10.4 Å². The van der Waals surface area contributed by atoms with E-state index in [0.29, 0.717) is 6.42 Å². The number of hydrogen-bond acceptors (Lipinski definition) is 2. The third kappa shape index (κ3) is 3.96. The van der Waals surface area contributed by atoms with E-state index in [4.69, 9.17) is 5.11 Å². The highest BCUT2D eigenvalue weighted by Gasteiger charge is 2.07. The molecule has 2 N–H and O–H groups in total. The topological polar surface area (TPSA) is 66.4 Å². The second kappa shape index (κ2) is 5.70. The Morgan fingerprint density at radius 1 is 1.31 bits per heavy atom. The number of carboxylic acid groups (broad SMARTS) is 1. The maximum absolute atomic E-state index is 10.8. The van der Waals surface area contributed by atoms with Crippen molar-refractivity contribution in [2.24, 2.45) is 0 Å². The van der Waals surface area contributed by atoms with E-state index in [1.54, 1.807) is 0 Å². The molecule has 0 radical (unpaired) electrons. The van der Waals surface area contributed by atoms with Gasteiger partial charge in [-0.2, -0.15) is 0 Å². The molecule has 0 heterocycles. The number of aliphatic carboxylic acids is 1. The quantitative estimate of drug-likeness (QED) is 0.751. The van der Waals surface area contributed by atoms with Gasteiger partial charge in [-0.1, -0.05) is 30.3 Å². The van der Waals surface area contributed by atoms with Crippen molar-refractivity contribution in [3.05, 3.63) is 47.7 Å². The van der Waals surface area contributed by atoms with E-state index < -0.39 is 5.97 Å². The fraction of sp³-hybridized carbons (Fsp3) is 0.167. The van der Waals surface area contributed by atoms with Crippen molar-refractivity contribution in [1.29, 1.82) is 0 Å². The Balaban J connectivity index is 2.72. The summed E-state index contributed by atoms with van der Waals surface area (Å²) in [5.41, 5.74) is 0.906. The van der Waals surface area contributed by atoms with E-state index in [2.05, 4.69) is 5.32 Å². The van der Waals surface area contributed by atoms with Crippen molar-refractivity contribution in [3.8, 4) is 0 Å². The fourth-order valence-corrected chi connectivity index (χ4v) is 1.22. The molecule has 0 spiro atoms. The predicted octanol–water partition coefficient (Wildman–Crippen LogP) is 1.33. The molecule has 0 saturated heterocycles. The fourth-order valence-electron chi connectivity index (χ4n) is 1.22. The van der Waals surface area contributed by atoms with Gasteiger partial charge in [0.25, 0.3) is 0 Å². The van der Waals surface area contributed by atoms with Crippen LogP contribution in [0.5, 0.6) is 0 Å². The minimum Gasteiger partial charge on any atom is -0.477 e. The molecule has 0 bridgehead atoms. The van der Waals surface area contributed by atoms with Crippen LogP contribution in [0, 0.1) is 0 Å². The Bertz CT molecular complexity index is 410. The van der Waals surface area contributed by atoms with Crippen LogP contribution in [0.25, 0.3) is 0 Å². The Hall–Kier alpha value is -2.10. The molecule has 84 valence electrons. The monoisotopic (exact) mass is 219 g/mol. The maximum Gasteiger partial charge on any atom is 0.352 e. The van der Waals surface area contributed by atoms with E-state index in [-0.39, 0.29) is 11.6 Å². The van der Waals surface area contributed by atoms with Gasteiger partial charge in [-0.25, -0.2) is 4.79 Å². The van der Waals surface area contributed by atoms with Gasteiger partial charge in [0.15, 0.2) is 0 Å². The third-order valence-corrected chi connectivity index (χ3v) is 1.93. The van der Waals surface area contributed by atoms with Crippen LogP contribution < -0.4 is 5.32 Å². The standard InChI is InChI=1S/C12H13NO3/c1-9(14)13-11(12(15)16)8-7-10-5-3-2-4-6-10/h2-6,8H,7H2,1H3,(H,13,14)(H,15,16)/b11-8-. The van der Waals surface area contributed by atoms with Gasteiger partial charge in [-0.05, 0) is 18.1 Å². The zero-order valence-electron chi connectivity index (χ0n) is 8.93. The number of benzene rings is 1. The number of allylic oxidation sites excluding steroid dienone is 1. The summed E-state index contributed by atoms with van der Waals surface area (Å²) < 4.78 is 0. The summed E-state index contributed by atoms with van der Waals surface area (Å²) in [5, 5.41) is 11.1. The Kier molecular flexibility index (Phi) is 4.27. The molecule has 0 atom stereocenters. The predicted molar refractivity (Wildman–Crippen MR) is 59.7 cm³/mol. The summed E-state index contributed by atoms with van der Waals surface area (Å²) in [6.45, 7) is 1.28. The largest absolute Gasteiger partial charge is 0.477 e. The first-order valence-corrected chi connectivity index (χ1v) is 4.84. The second-order valence-electron chi connectivity index (χ2n) is 3.29. The van der Waals surface area contributed by atoms with Crippen molar-refractivity contribution in [2.45, 2.75) is 13.3 Å². The first-order chi connectivity index (χ1) is 7.59. The smallest absolute Gasteiger partial charge is 0.352 e. The number of amides is 1. The summed E-state index contributed by atoms with van der Waals surface area (Å²) in [5.74, 6) is -1.52. The van der Waals surface area contributed by atoms with Gasteiger partial charge in [0, 0.05) is 6.92 Å². The van der Waals surface area contributed by atoms with Crippen molar-refractivity contribution in [3.63, 3.8) is 0 Å². The number of carbonyl (C=O) groups is 2. The maximum atomic E-state index is 10.8. The molecule has 4 heteroatoms. The molecule has 0 saturated carbocycles. The van der Waals surface area contributed by atoms with Gasteiger partial charge in [0.1, 0.15) is 5.70 Å². The number of hydrogen-bond donors (Lipinski definition) is 2. The summed E-state index contributed by atoms with van der Waals surface area (Å²) in [4.78, 5) is 21.5. The second-order valence-corrected chi connectivity index (χ2v) is 3.29. The lowest BCUT2D eigenvalue weighted by molar-refractivity contribution is -0.134. The molecule has 0 aliphatic heterocycles. The molecule has 1 aromatic carbocycles. The molecule has 4 nitrogen and oxygen atoms in total. The molecule has 0 unspecified atom stereocenters. The molecular formula is C12H13NO3. The summed E-state index contributed by atoms with van der Waals surface area (Å²) in [7, 11) is 0. The highest BCUT2D eigenvalue weighted by molar-refractivity contribution is 5.91. The molecule has 0 aromatic heterocycles. The lowest BCUT2D eigenvalue weighted by Gasteiger charge is -2.02. The number of carboxylic acids is 1. The minimum absolute atomic E-state index is 0.0867. The number of carbonyl (C=O) groups excluding carboxylic acids is 1. The average molecular weight is 219 g/mol. The third-order valence-electron chi connectivity index (χ3n) is 1.93. The van der Waals surface area contributed by atoms with E-state index in [9.17, 15) is 9.59 Å². The first-order valence-electron chi connectivity index (χ1n) is 4.84. The molecule has 0 aliphatic rings. The first kappa shape index (κ1) is 12.0. The Morgan fingerprint density at radius 3 is 2.44 bits per heavy atom. The highest BCUT2D eigenvalue weighted by atomic mass is 16.4. The molecule has 1 aromatic rings. The minimum atomic E-state index is -1.13. The van der Waals surface area contributed by atoms with Crippen LogP contribution in [-0.4, -0.2) is 17.0 Å². The lowest BCUT2D eigenvalue weighted by Crippen LogP contribution is -2.24.